The van der Waals surface area contributed by atoms with Crippen molar-refractivity contribution < 1.29 is 4.79 Å². The third kappa shape index (κ3) is 4.67. The summed E-state index contributed by atoms with van der Waals surface area (Å²) in [5.41, 5.74) is 6.96. The normalized spacial score (nSPS) is 12.7. The van der Waals surface area contributed by atoms with Crippen LogP contribution in [0.25, 0.3) is 0 Å². The van der Waals surface area contributed by atoms with Crippen LogP contribution in [0.15, 0.2) is 12.5 Å². The van der Waals surface area contributed by atoms with Gasteiger partial charge in [-0.25, -0.2) is 4.98 Å². The third-order valence-corrected chi connectivity index (χ3v) is 3.34. The first-order valence-electron chi connectivity index (χ1n) is 7.06. The van der Waals surface area contributed by atoms with E-state index in [2.05, 4.69) is 24.1 Å². The van der Waals surface area contributed by atoms with E-state index in [1.807, 2.05) is 17.7 Å². The molecule has 1 unspecified atom stereocenters. The number of amides is 1. The van der Waals surface area contributed by atoms with Crippen molar-refractivity contribution in [3.63, 3.8) is 0 Å². The minimum atomic E-state index is 0.0929. The molecular formula is C14H26N4O. The zero-order valence-electron chi connectivity index (χ0n) is 12.2. The first-order valence-corrected chi connectivity index (χ1v) is 7.06. The minimum absolute atomic E-state index is 0.0929. The summed E-state index contributed by atoms with van der Waals surface area (Å²) in [7, 11) is 0. The molecule has 0 fully saturated rings. The maximum absolute atomic E-state index is 11.6. The Bertz CT molecular complexity index is 387. The second kappa shape index (κ2) is 7.94. The van der Waals surface area contributed by atoms with Crippen molar-refractivity contribution in [1.29, 1.82) is 0 Å². The standard InChI is InChI=1S/C14H26N4O/c1-4-6-17-14(19)5-7-18-10-16-9-13(18)12(8-15)11(2)3/h9-12H,4-8,15H2,1-3H3,(H,17,19). The fraction of sp³-hybridized carbons (Fsp3) is 0.714. The Labute approximate surface area is 115 Å². The Kier molecular flexibility index (Phi) is 6.56. The van der Waals surface area contributed by atoms with Gasteiger partial charge in [0.25, 0.3) is 0 Å². The molecule has 0 bridgehead atoms. The van der Waals surface area contributed by atoms with Gasteiger partial charge in [0.05, 0.1) is 6.33 Å². The SMILES string of the molecule is CCCNC(=O)CCn1cncc1C(CN)C(C)C. The molecule has 0 saturated heterocycles. The van der Waals surface area contributed by atoms with Gasteiger partial charge in [0, 0.05) is 43.9 Å². The van der Waals surface area contributed by atoms with Crippen LogP contribution in [0.5, 0.6) is 0 Å². The van der Waals surface area contributed by atoms with E-state index in [0.717, 1.165) is 18.7 Å². The Morgan fingerprint density at radius 2 is 2.26 bits per heavy atom. The summed E-state index contributed by atoms with van der Waals surface area (Å²) >= 11 is 0. The summed E-state index contributed by atoms with van der Waals surface area (Å²) in [4.78, 5) is 15.8. The Balaban J connectivity index is 2.60. The van der Waals surface area contributed by atoms with Gasteiger partial charge in [-0.15, -0.1) is 0 Å². The van der Waals surface area contributed by atoms with Gasteiger partial charge >= 0.3 is 0 Å². The minimum Gasteiger partial charge on any atom is -0.356 e. The summed E-state index contributed by atoms with van der Waals surface area (Å²) < 4.78 is 2.04. The molecule has 1 amide bonds. The highest BCUT2D eigenvalue weighted by Gasteiger charge is 2.18. The molecule has 3 N–H and O–H groups in total. The molecule has 0 radical (unpaired) electrons. The van der Waals surface area contributed by atoms with Gasteiger partial charge < -0.3 is 15.6 Å². The van der Waals surface area contributed by atoms with Gasteiger partial charge in [0.1, 0.15) is 0 Å². The molecule has 1 aromatic heterocycles. The molecule has 108 valence electrons. The monoisotopic (exact) mass is 266 g/mol. The highest BCUT2D eigenvalue weighted by molar-refractivity contribution is 5.75. The molecule has 1 rings (SSSR count). The topological polar surface area (TPSA) is 72.9 Å². The van der Waals surface area contributed by atoms with Crippen LogP contribution in [0.2, 0.25) is 0 Å². The average Bonchev–Trinajstić information content (AvgIpc) is 2.82. The lowest BCUT2D eigenvalue weighted by atomic mass is 9.93. The summed E-state index contributed by atoms with van der Waals surface area (Å²) in [5, 5.41) is 2.88. The zero-order valence-corrected chi connectivity index (χ0v) is 12.2. The smallest absolute Gasteiger partial charge is 0.221 e. The van der Waals surface area contributed by atoms with Crippen LogP contribution < -0.4 is 11.1 Å². The van der Waals surface area contributed by atoms with Crippen LogP contribution in [-0.4, -0.2) is 28.5 Å². The van der Waals surface area contributed by atoms with Crippen LogP contribution in [0.1, 0.15) is 45.2 Å². The molecule has 5 nitrogen and oxygen atoms in total. The number of rotatable bonds is 8. The van der Waals surface area contributed by atoms with Crippen molar-refractivity contribution in [1.82, 2.24) is 14.9 Å². The van der Waals surface area contributed by atoms with E-state index in [-0.39, 0.29) is 5.91 Å². The van der Waals surface area contributed by atoms with Gasteiger partial charge in [-0.2, -0.15) is 0 Å². The van der Waals surface area contributed by atoms with Crippen LogP contribution in [-0.2, 0) is 11.3 Å². The molecule has 0 saturated carbocycles. The average molecular weight is 266 g/mol. The fourth-order valence-corrected chi connectivity index (χ4v) is 2.14. The van der Waals surface area contributed by atoms with Crippen LogP contribution in [0.4, 0.5) is 0 Å². The molecule has 0 aliphatic rings. The summed E-state index contributed by atoms with van der Waals surface area (Å²) in [6.07, 6.45) is 5.10. The van der Waals surface area contributed by atoms with Gasteiger partial charge in [0.2, 0.25) is 5.91 Å². The van der Waals surface area contributed by atoms with Crippen molar-refractivity contribution in [2.24, 2.45) is 11.7 Å². The van der Waals surface area contributed by atoms with Crippen molar-refractivity contribution in [2.75, 3.05) is 13.1 Å². The molecule has 1 atom stereocenters. The summed E-state index contributed by atoms with van der Waals surface area (Å²) in [6.45, 7) is 8.36. The van der Waals surface area contributed by atoms with E-state index in [9.17, 15) is 4.79 Å². The largest absolute Gasteiger partial charge is 0.356 e. The highest BCUT2D eigenvalue weighted by Crippen LogP contribution is 2.22. The molecule has 0 aliphatic carbocycles. The molecule has 0 aromatic carbocycles. The number of aryl methyl sites for hydroxylation is 1. The van der Waals surface area contributed by atoms with Crippen LogP contribution in [0, 0.1) is 5.92 Å². The molecule has 0 spiro atoms. The van der Waals surface area contributed by atoms with Crippen LogP contribution >= 0.6 is 0 Å². The first-order chi connectivity index (χ1) is 9.10. The van der Waals surface area contributed by atoms with Crippen LogP contribution in [0.3, 0.4) is 0 Å². The van der Waals surface area contributed by atoms with Crippen molar-refractivity contribution in [3.05, 3.63) is 18.2 Å². The Hall–Kier alpha value is -1.36. The predicted molar refractivity (Wildman–Crippen MR) is 76.8 cm³/mol. The number of nitrogens with zero attached hydrogens (tertiary/aromatic N) is 2. The molecule has 19 heavy (non-hydrogen) atoms. The maximum Gasteiger partial charge on any atom is 0.221 e. The van der Waals surface area contributed by atoms with E-state index >= 15 is 0 Å². The van der Waals surface area contributed by atoms with E-state index in [0.29, 0.717) is 31.3 Å². The highest BCUT2D eigenvalue weighted by atomic mass is 16.1. The van der Waals surface area contributed by atoms with E-state index in [1.54, 1.807) is 6.33 Å². The van der Waals surface area contributed by atoms with Gasteiger partial charge in [-0.1, -0.05) is 20.8 Å². The Morgan fingerprint density at radius 3 is 2.84 bits per heavy atom. The number of hydrogen-bond donors (Lipinski definition) is 2. The fourth-order valence-electron chi connectivity index (χ4n) is 2.14. The first kappa shape index (κ1) is 15.7. The van der Waals surface area contributed by atoms with Gasteiger partial charge in [0.15, 0.2) is 0 Å². The summed E-state index contributed by atoms with van der Waals surface area (Å²) in [5.74, 6) is 0.853. The lowest BCUT2D eigenvalue weighted by Gasteiger charge is -2.20. The van der Waals surface area contributed by atoms with Gasteiger partial charge in [-0.05, 0) is 12.3 Å². The predicted octanol–water partition coefficient (Wildman–Crippen LogP) is 1.50. The third-order valence-electron chi connectivity index (χ3n) is 3.34. The number of aromatic nitrogens is 2. The maximum atomic E-state index is 11.6. The quantitative estimate of drug-likeness (QED) is 0.749. The molecule has 5 heteroatoms. The number of hydrogen-bond acceptors (Lipinski definition) is 3. The molecule has 1 aromatic rings. The number of nitrogens with one attached hydrogen (secondary N) is 1. The van der Waals surface area contributed by atoms with E-state index < -0.39 is 0 Å². The van der Waals surface area contributed by atoms with Crippen molar-refractivity contribution >= 4 is 5.91 Å². The van der Waals surface area contributed by atoms with Crippen molar-refractivity contribution in [3.8, 4) is 0 Å². The Morgan fingerprint density at radius 1 is 1.53 bits per heavy atom. The lowest BCUT2D eigenvalue weighted by molar-refractivity contribution is -0.121. The molecule has 1 heterocycles. The molecular weight excluding hydrogens is 240 g/mol. The van der Waals surface area contributed by atoms with Gasteiger partial charge in [-0.3, -0.25) is 4.79 Å². The second-order valence-corrected chi connectivity index (χ2v) is 5.20. The lowest BCUT2D eigenvalue weighted by Crippen LogP contribution is -2.26. The number of carbonyl (C=O) groups excluding carboxylic acids is 1. The second-order valence-electron chi connectivity index (χ2n) is 5.20. The van der Waals surface area contributed by atoms with E-state index in [1.165, 1.54) is 0 Å². The number of imidazole rings is 1. The molecule has 0 aliphatic heterocycles. The summed E-state index contributed by atoms with van der Waals surface area (Å²) in [6, 6.07) is 0. The number of carbonyl (C=O) groups is 1. The number of nitrogens with two attached hydrogens (primary N) is 1. The van der Waals surface area contributed by atoms with Crippen molar-refractivity contribution in [2.45, 2.75) is 46.1 Å². The zero-order chi connectivity index (χ0) is 14.3. The van der Waals surface area contributed by atoms with E-state index in [4.69, 9.17) is 5.73 Å².